The van der Waals surface area contributed by atoms with Crippen molar-refractivity contribution in [2.24, 2.45) is 5.73 Å². The van der Waals surface area contributed by atoms with Crippen LogP contribution in [0.15, 0.2) is 0 Å². The van der Waals surface area contributed by atoms with Crippen molar-refractivity contribution in [3.8, 4) is 0 Å². The zero-order valence-electron chi connectivity index (χ0n) is 6.39. The van der Waals surface area contributed by atoms with Gasteiger partial charge in [-0.05, 0) is 0 Å². The van der Waals surface area contributed by atoms with Gasteiger partial charge >= 0.3 is 0 Å². The molecular weight excluding hydrogens is 97.0 g/mol. The maximum Gasteiger partial charge on any atom is 0.262 e. The van der Waals surface area contributed by atoms with Crippen LogP contribution in [0.3, 0.4) is 0 Å². The maximum absolute atomic E-state index is 10.5. The average molecular weight is 106 g/mol. The topological polar surface area (TPSA) is 64.3 Å². The molecule has 0 aromatic rings. The van der Waals surface area contributed by atoms with Crippen molar-refractivity contribution in [3.63, 3.8) is 0 Å². The quantitative estimate of drug-likeness (QED) is 0.364. The predicted molar refractivity (Wildman–Crippen MR) is 22.1 cm³/mol. The zero-order valence-corrected chi connectivity index (χ0v) is 3.39. The van der Waals surface area contributed by atoms with Crippen LogP contribution < -0.4 is 11.2 Å². The fraction of sp³-hybridized carbons (Fsp3) is 0.667. The number of rotatable bonds is 0. The molecular formula is C3H6N2O2. The number of carbonyl (C=O) groups is 1. The highest BCUT2D eigenvalue weighted by molar-refractivity contribution is 5.81. The van der Waals surface area contributed by atoms with Gasteiger partial charge < -0.3 is 5.73 Å². The van der Waals surface area contributed by atoms with Crippen LogP contribution in [0, 0.1) is 0 Å². The van der Waals surface area contributed by atoms with E-state index in [-0.39, 0.29) is 0 Å². The molecule has 0 aromatic carbocycles. The van der Waals surface area contributed by atoms with Crippen molar-refractivity contribution in [2.75, 3.05) is 6.56 Å². The minimum Gasteiger partial charge on any atom is -0.318 e. The first-order valence-electron chi connectivity index (χ1n) is 3.15. The number of carbonyl (C=O) groups excluding carboxylic acids is 1. The summed E-state index contributed by atoms with van der Waals surface area (Å²) in [5.74, 6) is -0.975. The number of hydrogen-bond donors (Lipinski definition) is 2. The molecule has 0 saturated carbocycles. The number of amides is 1. The zero-order chi connectivity index (χ0) is 7.99. The normalized spacial score (nSPS) is 54.4. The average Bonchev–Trinajstić information content (AvgIpc) is 1.94. The highest BCUT2D eigenvalue weighted by Gasteiger charge is 2.19. The van der Waals surface area contributed by atoms with Crippen LogP contribution in [-0.4, -0.2) is 18.5 Å². The largest absolute Gasteiger partial charge is 0.318 e. The summed E-state index contributed by atoms with van der Waals surface area (Å²) in [6.07, 6.45) is 0. The van der Waals surface area contributed by atoms with Crippen LogP contribution in [0.5, 0.6) is 0 Å². The van der Waals surface area contributed by atoms with Gasteiger partial charge in [0.15, 0.2) is 0 Å². The molecule has 1 amide bonds. The molecule has 1 unspecified atom stereocenters. The van der Waals surface area contributed by atoms with Crippen molar-refractivity contribution in [2.45, 2.75) is 6.02 Å². The number of hydroxylamine groups is 1. The van der Waals surface area contributed by atoms with E-state index in [9.17, 15) is 4.79 Å². The molecule has 40 valence electrons. The van der Waals surface area contributed by atoms with Crippen molar-refractivity contribution in [3.05, 3.63) is 0 Å². The highest BCUT2D eigenvalue weighted by Crippen LogP contribution is 1.87. The summed E-state index contributed by atoms with van der Waals surface area (Å²) in [6.45, 7) is -2.45. The Kier molecular flexibility index (Phi) is 0.444. The monoisotopic (exact) mass is 106 g/mol. The molecule has 0 aromatic heterocycles. The first-order chi connectivity index (χ1) is 4.38. The van der Waals surface area contributed by atoms with E-state index < -0.39 is 18.5 Å². The smallest absolute Gasteiger partial charge is 0.262 e. The third kappa shape index (κ3) is 0.703. The summed E-state index contributed by atoms with van der Waals surface area (Å²) in [7, 11) is 0. The van der Waals surface area contributed by atoms with Gasteiger partial charge in [0.2, 0.25) is 0 Å². The van der Waals surface area contributed by atoms with Crippen molar-refractivity contribution in [1.82, 2.24) is 5.48 Å². The molecule has 1 rings (SSSR count). The van der Waals surface area contributed by atoms with E-state index in [2.05, 4.69) is 4.84 Å². The number of nitrogens with one attached hydrogen (secondary N) is 1. The van der Waals surface area contributed by atoms with Crippen LogP contribution in [-0.2, 0) is 9.63 Å². The van der Waals surface area contributed by atoms with Gasteiger partial charge in [0.25, 0.3) is 5.91 Å². The van der Waals surface area contributed by atoms with Gasteiger partial charge in [-0.1, -0.05) is 0 Å². The molecule has 0 bridgehead atoms. The Morgan fingerprint density at radius 1 is 2.43 bits per heavy atom. The molecule has 1 saturated heterocycles. The lowest BCUT2D eigenvalue weighted by atomic mass is 10.4. The number of hydrogen-bond acceptors (Lipinski definition) is 3. The van der Waals surface area contributed by atoms with Crippen LogP contribution >= 0.6 is 0 Å². The third-order valence-electron chi connectivity index (χ3n) is 0.549. The Balaban J connectivity index is 2.95. The lowest BCUT2D eigenvalue weighted by Crippen LogP contribution is -2.31. The summed E-state index contributed by atoms with van der Waals surface area (Å²) < 4.78 is 20.7. The first kappa shape index (κ1) is 2.11. The van der Waals surface area contributed by atoms with E-state index in [1.54, 1.807) is 5.48 Å². The Morgan fingerprint density at radius 2 is 3.14 bits per heavy atom. The Labute approximate surface area is 44.8 Å². The van der Waals surface area contributed by atoms with E-state index in [0.717, 1.165) is 0 Å². The molecule has 1 fully saturated rings. The molecule has 0 aliphatic carbocycles. The second kappa shape index (κ2) is 1.48. The van der Waals surface area contributed by atoms with Gasteiger partial charge in [0.05, 0.1) is 10.7 Å². The molecule has 7 heavy (non-hydrogen) atoms. The third-order valence-corrected chi connectivity index (χ3v) is 0.549. The molecule has 1 aliphatic rings. The van der Waals surface area contributed by atoms with E-state index >= 15 is 0 Å². The minimum atomic E-state index is -2.45. The van der Waals surface area contributed by atoms with E-state index in [0.29, 0.717) is 0 Å². The molecule has 1 aliphatic heterocycles. The van der Waals surface area contributed by atoms with Crippen molar-refractivity contribution in [1.29, 1.82) is 0 Å². The molecule has 0 spiro atoms. The van der Waals surface area contributed by atoms with Crippen LogP contribution in [0.1, 0.15) is 4.11 Å². The second-order valence-corrected chi connectivity index (χ2v) is 1.05. The Hall–Kier alpha value is -0.610. The van der Waals surface area contributed by atoms with Gasteiger partial charge in [-0.3, -0.25) is 9.63 Å². The highest BCUT2D eigenvalue weighted by atomic mass is 16.9. The lowest BCUT2D eigenvalue weighted by Gasteiger charge is -1.87. The Bertz CT molecular complexity index is 181. The van der Waals surface area contributed by atoms with E-state index in [4.69, 9.17) is 9.85 Å². The van der Waals surface area contributed by atoms with Crippen molar-refractivity contribution < 1.29 is 13.7 Å². The Morgan fingerprint density at radius 3 is 3.29 bits per heavy atom. The predicted octanol–water partition coefficient (Wildman–Crippen LogP) is -1.62. The van der Waals surface area contributed by atoms with Gasteiger partial charge in [-0.15, -0.1) is 0 Å². The molecule has 4 heteroatoms. The summed E-state index contributed by atoms with van der Waals surface area (Å²) >= 11 is 0. The van der Waals surface area contributed by atoms with E-state index in [1.807, 2.05) is 0 Å². The second-order valence-electron chi connectivity index (χ2n) is 1.05. The standard InChI is InChI=1S/C3H6N2O2/c4-2-1-7-5-3(2)6/h2H,1,4H2,(H,5,6)/i1D2,2D,5+1. The van der Waals surface area contributed by atoms with Gasteiger partial charge in [-0.25, -0.2) is 5.48 Å². The van der Waals surface area contributed by atoms with Gasteiger partial charge in [0.1, 0.15) is 6.02 Å². The number of nitrogens with two attached hydrogens (primary N) is 1. The van der Waals surface area contributed by atoms with Crippen LogP contribution in [0.25, 0.3) is 0 Å². The molecule has 0 radical (unpaired) electrons. The summed E-state index contributed by atoms with van der Waals surface area (Å²) in [5, 5.41) is 0. The van der Waals surface area contributed by atoms with Crippen LogP contribution in [0.2, 0.25) is 0 Å². The first-order valence-corrected chi connectivity index (χ1v) is 1.65. The molecule has 4 nitrogen and oxygen atoms in total. The molecule has 3 N–H and O–H groups in total. The summed E-state index contributed by atoms with van der Waals surface area (Å²) in [5.41, 5.74) is 6.63. The molecule has 1 heterocycles. The fourth-order valence-electron chi connectivity index (χ4n) is 0.228. The fourth-order valence-corrected chi connectivity index (χ4v) is 0.228. The van der Waals surface area contributed by atoms with Gasteiger partial charge in [-0.2, -0.15) is 0 Å². The van der Waals surface area contributed by atoms with Crippen LogP contribution in [0.4, 0.5) is 0 Å². The van der Waals surface area contributed by atoms with Gasteiger partial charge in [0, 0.05) is 0 Å². The lowest BCUT2D eigenvalue weighted by molar-refractivity contribution is -0.124. The SMILES string of the molecule is [2H]C1([2H])O[15NH]C(=O)C1([2H])N. The summed E-state index contributed by atoms with van der Waals surface area (Å²) in [6, 6.07) is -2.34. The maximum atomic E-state index is 10.5. The minimum absolute atomic E-state index is 0.975. The van der Waals surface area contributed by atoms with Crippen molar-refractivity contribution >= 4 is 5.91 Å². The molecule has 1 atom stereocenters. The summed E-state index contributed by atoms with van der Waals surface area (Å²) in [4.78, 5) is 14.6. The van der Waals surface area contributed by atoms with E-state index in [1.165, 1.54) is 0 Å².